The van der Waals surface area contributed by atoms with Gasteiger partial charge in [-0.1, -0.05) is 48.0 Å². The number of amides is 3. The molecule has 4 rings (SSSR count). The Hall–Kier alpha value is -4.19. The van der Waals surface area contributed by atoms with Crippen molar-refractivity contribution in [2.45, 2.75) is 20.8 Å². The summed E-state index contributed by atoms with van der Waals surface area (Å²) in [6.07, 6.45) is 0. The minimum atomic E-state index is -0.410. The van der Waals surface area contributed by atoms with Gasteiger partial charge in [-0.25, -0.2) is 4.90 Å². The number of nitrogens with one attached hydrogen (secondary N) is 2. The zero-order valence-electron chi connectivity index (χ0n) is 18.1. The van der Waals surface area contributed by atoms with E-state index in [1.165, 1.54) is 11.8 Å². The van der Waals surface area contributed by atoms with Gasteiger partial charge < -0.3 is 10.6 Å². The normalized spacial score (nSPS) is 13.5. The highest BCUT2D eigenvalue weighted by molar-refractivity contribution is 6.46. The first kappa shape index (κ1) is 21.1. The van der Waals surface area contributed by atoms with Crippen molar-refractivity contribution in [2.24, 2.45) is 0 Å². The summed E-state index contributed by atoms with van der Waals surface area (Å²) in [5.41, 5.74) is 4.94. The lowest BCUT2D eigenvalue weighted by molar-refractivity contribution is -0.120. The van der Waals surface area contributed by atoms with Crippen molar-refractivity contribution in [3.05, 3.63) is 95.2 Å². The number of hydrogen-bond acceptors (Lipinski definition) is 4. The fraction of sp³-hybridized carbons (Fsp3) is 0.115. The number of aryl methyl sites for hydroxylation is 2. The third-order valence-electron chi connectivity index (χ3n) is 5.21. The summed E-state index contributed by atoms with van der Waals surface area (Å²) < 4.78 is 0. The molecule has 1 heterocycles. The Kier molecular flexibility index (Phi) is 5.60. The molecule has 3 amide bonds. The van der Waals surface area contributed by atoms with E-state index in [1.54, 1.807) is 30.3 Å². The van der Waals surface area contributed by atoms with Crippen LogP contribution in [0.25, 0.3) is 5.57 Å². The first-order valence-electron chi connectivity index (χ1n) is 10.3. The van der Waals surface area contributed by atoms with Crippen molar-refractivity contribution in [1.82, 2.24) is 0 Å². The van der Waals surface area contributed by atoms with Gasteiger partial charge in [0, 0.05) is 18.3 Å². The Morgan fingerprint density at radius 3 is 2.09 bits per heavy atom. The molecule has 3 aromatic carbocycles. The predicted molar refractivity (Wildman–Crippen MR) is 126 cm³/mol. The van der Waals surface area contributed by atoms with Crippen LogP contribution in [0.5, 0.6) is 0 Å². The molecular weight excluding hydrogens is 402 g/mol. The van der Waals surface area contributed by atoms with Crippen LogP contribution in [-0.4, -0.2) is 17.7 Å². The fourth-order valence-corrected chi connectivity index (χ4v) is 3.78. The number of nitrogens with zero attached hydrogens (tertiary/aromatic N) is 1. The van der Waals surface area contributed by atoms with E-state index < -0.39 is 5.91 Å². The van der Waals surface area contributed by atoms with Crippen molar-refractivity contribution in [3.63, 3.8) is 0 Å². The Labute approximate surface area is 186 Å². The molecule has 0 fully saturated rings. The van der Waals surface area contributed by atoms with Crippen molar-refractivity contribution >= 4 is 40.4 Å². The SMILES string of the molecule is CC(=O)Nc1ccc(NC2=C(c3ccccc3)C(=O)N(c3ccc(C)cc3C)C2=O)cc1. The first-order valence-corrected chi connectivity index (χ1v) is 10.3. The molecule has 0 radical (unpaired) electrons. The summed E-state index contributed by atoms with van der Waals surface area (Å²) in [4.78, 5) is 39.5. The molecule has 160 valence electrons. The maximum Gasteiger partial charge on any atom is 0.282 e. The van der Waals surface area contributed by atoms with Crippen LogP contribution in [0, 0.1) is 13.8 Å². The highest BCUT2D eigenvalue weighted by atomic mass is 16.2. The van der Waals surface area contributed by atoms with Crippen LogP contribution in [-0.2, 0) is 14.4 Å². The van der Waals surface area contributed by atoms with Gasteiger partial charge in [-0.2, -0.15) is 0 Å². The van der Waals surface area contributed by atoms with Gasteiger partial charge in [0.05, 0.1) is 11.3 Å². The lowest BCUT2D eigenvalue weighted by Gasteiger charge is -2.18. The van der Waals surface area contributed by atoms with Crippen LogP contribution >= 0.6 is 0 Å². The van der Waals surface area contributed by atoms with E-state index in [9.17, 15) is 14.4 Å². The number of imide groups is 1. The van der Waals surface area contributed by atoms with E-state index in [2.05, 4.69) is 10.6 Å². The number of anilines is 3. The lowest BCUT2D eigenvalue weighted by Crippen LogP contribution is -2.33. The average Bonchev–Trinajstić information content (AvgIpc) is 2.99. The predicted octanol–water partition coefficient (Wildman–Crippen LogP) is 4.66. The summed E-state index contributed by atoms with van der Waals surface area (Å²) in [6, 6.07) is 21.7. The molecule has 0 spiro atoms. The third kappa shape index (κ3) is 4.03. The quantitative estimate of drug-likeness (QED) is 0.583. The zero-order valence-corrected chi connectivity index (χ0v) is 18.1. The van der Waals surface area contributed by atoms with E-state index in [0.717, 1.165) is 11.1 Å². The topological polar surface area (TPSA) is 78.5 Å². The standard InChI is InChI=1S/C26H23N3O3/c1-16-9-14-22(17(2)15-16)29-25(31)23(19-7-5-4-6-8-19)24(26(29)32)28-21-12-10-20(11-13-21)27-18(3)30/h4-15,28H,1-3H3,(H,27,30). The molecule has 0 atom stereocenters. The van der Waals surface area contributed by atoms with Crippen LogP contribution in [0.3, 0.4) is 0 Å². The molecule has 1 aliphatic rings. The Balaban J connectivity index is 1.75. The maximum absolute atomic E-state index is 13.5. The smallest absolute Gasteiger partial charge is 0.282 e. The van der Waals surface area contributed by atoms with E-state index in [-0.39, 0.29) is 17.5 Å². The fourth-order valence-electron chi connectivity index (χ4n) is 3.78. The number of carbonyl (C=O) groups excluding carboxylic acids is 3. The number of rotatable bonds is 5. The second kappa shape index (κ2) is 8.51. The van der Waals surface area contributed by atoms with Gasteiger partial charge in [-0.05, 0) is 55.3 Å². The van der Waals surface area contributed by atoms with Gasteiger partial charge >= 0.3 is 0 Å². The minimum Gasteiger partial charge on any atom is -0.350 e. The van der Waals surface area contributed by atoms with E-state index >= 15 is 0 Å². The lowest BCUT2D eigenvalue weighted by atomic mass is 10.0. The molecule has 0 aliphatic carbocycles. The van der Waals surface area contributed by atoms with Crippen LogP contribution in [0.4, 0.5) is 17.1 Å². The van der Waals surface area contributed by atoms with Crippen LogP contribution in [0.15, 0.2) is 78.5 Å². The second-order valence-corrected chi connectivity index (χ2v) is 7.74. The molecular formula is C26H23N3O3. The first-order chi connectivity index (χ1) is 15.3. The molecule has 2 N–H and O–H groups in total. The summed E-state index contributed by atoms with van der Waals surface area (Å²) in [6.45, 7) is 5.29. The van der Waals surface area contributed by atoms with Crippen LogP contribution < -0.4 is 15.5 Å². The molecule has 32 heavy (non-hydrogen) atoms. The Bertz CT molecular complexity index is 1250. The Morgan fingerprint density at radius 2 is 1.47 bits per heavy atom. The van der Waals surface area contributed by atoms with Gasteiger partial charge in [0.15, 0.2) is 0 Å². The van der Waals surface area contributed by atoms with Gasteiger partial charge in [-0.15, -0.1) is 0 Å². The molecule has 1 aliphatic heterocycles. The van der Waals surface area contributed by atoms with Crippen molar-refractivity contribution in [1.29, 1.82) is 0 Å². The highest BCUT2D eigenvalue weighted by Gasteiger charge is 2.40. The van der Waals surface area contributed by atoms with E-state index in [1.807, 2.05) is 56.3 Å². The number of hydrogen-bond donors (Lipinski definition) is 2. The largest absolute Gasteiger partial charge is 0.350 e. The van der Waals surface area contributed by atoms with E-state index in [0.29, 0.717) is 28.2 Å². The Morgan fingerprint density at radius 1 is 0.812 bits per heavy atom. The van der Waals surface area contributed by atoms with Crippen LogP contribution in [0.1, 0.15) is 23.6 Å². The van der Waals surface area contributed by atoms with Crippen LogP contribution in [0.2, 0.25) is 0 Å². The summed E-state index contributed by atoms with van der Waals surface area (Å²) in [5.74, 6) is -0.947. The summed E-state index contributed by atoms with van der Waals surface area (Å²) >= 11 is 0. The summed E-state index contributed by atoms with van der Waals surface area (Å²) in [7, 11) is 0. The van der Waals surface area contributed by atoms with Gasteiger partial charge in [0.2, 0.25) is 5.91 Å². The molecule has 3 aromatic rings. The monoisotopic (exact) mass is 425 g/mol. The van der Waals surface area contributed by atoms with Gasteiger partial charge in [0.25, 0.3) is 11.8 Å². The highest BCUT2D eigenvalue weighted by Crippen LogP contribution is 2.35. The summed E-state index contributed by atoms with van der Waals surface area (Å²) in [5, 5.41) is 5.84. The number of benzene rings is 3. The van der Waals surface area contributed by atoms with Crippen molar-refractivity contribution in [3.8, 4) is 0 Å². The average molecular weight is 425 g/mol. The van der Waals surface area contributed by atoms with Crippen molar-refractivity contribution in [2.75, 3.05) is 15.5 Å². The van der Waals surface area contributed by atoms with Gasteiger partial charge in [-0.3, -0.25) is 14.4 Å². The van der Waals surface area contributed by atoms with E-state index in [4.69, 9.17) is 0 Å². The molecule has 0 saturated heterocycles. The maximum atomic E-state index is 13.5. The molecule has 6 heteroatoms. The van der Waals surface area contributed by atoms with Gasteiger partial charge in [0.1, 0.15) is 5.70 Å². The van der Waals surface area contributed by atoms with Crippen molar-refractivity contribution < 1.29 is 14.4 Å². The molecule has 0 saturated carbocycles. The molecule has 6 nitrogen and oxygen atoms in total. The zero-order chi connectivity index (χ0) is 22.8. The number of carbonyl (C=O) groups is 3. The third-order valence-corrected chi connectivity index (χ3v) is 5.21. The molecule has 0 bridgehead atoms. The second-order valence-electron chi connectivity index (χ2n) is 7.74. The molecule has 0 unspecified atom stereocenters. The molecule has 0 aromatic heterocycles. The minimum absolute atomic E-state index is 0.166.